The molecule has 1 rings (SSSR count). The number of hydrogen-bond donors (Lipinski definition) is 1. The molecule has 1 aromatic carbocycles. The van der Waals surface area contributed by atoms with Crippen molar-refractivity contribution in [2.24, 2.45) is 0 Å². The molecule has 0 atom stereocenters. The zero-order valence-corrected chi connectivity index (χ0v) is 5.70. The van der Waals surface area contributed by atoms with Gasteiger partial charge in [-0.05, 0) is 0 Å². The maximum Gasteiger partial charge on any atom is 0.112 e. The van der Waals surface area contributed by atoms with Gasteiger partial charge in [-0.1, -0.05) is 36.4 Å². The molecular weight excluding hydrogens is 131 g/mol. The van der Waals surface area contributed by atoms with Gasteiger partial charge >= 0.3 is 0 Å². The predicted molar refractivity (Wildman–Crippen MR) is 39.5 cm³/mol. The van der Waals surface area contributed by atoms with Crippen molar-refractivity contribution in [3.8, 4) is 0 Å². The summed E-state index contributed by atoms with van der Waals surface area (Å²) in [6, 6.07) is 12.0. The lowest BCUT2D eigenvalue weighted by Crippen LogP contribution is -1.77. The summed E-state index contributed by atoms with van der Waals surface area (Å²) < 4.78 is 10.5. The van der Waals surface area contributed by atoms with Gasteiger partial charge in [-0.3, -0.25) is 0 Å². The molecule has 0 unspecified atom stereocenters. The van der Waals surface area contributed by atoms with Crippen molar-refractivity contribution in [2.45, 2.75) is 0 Å². The third-order valence-electron chi connectivity index (χ3n) is 0.751. The molecule has 56 valence electrons. The van der Waals surface area contributed by atoms with Crippen LogP contribution in [-0.2, 0) is 0 Å². The first-order chi connectivity index (χ1) is 4.91. The van der Waals surface area contributed by atoms with Crippen molar-refractivity contribution in [3.05, 3.63) is 36.4 Å². The minimum absolute atomic E-state index is 0.347. The Morgan fingerprint density at radius 3 is 1.20 bits per heavy atom. The van der Waals surface area contributed by atoms with Crippen molar-refractivity contribution in [1.29, 1.82) is 0 Å². The summed E-state index contributed by atoms with van der Waals surface area (Å²) in [5, 5.41) is 7.50. The average Bonchev–Trinajstić information content (AvgIpc) is 2.08. The van der Waals surface area contributed by atoms with Gasteiger partial charge in [0.15, 0.2) is 0 Å². The van der Waals surface area contributed by atoms with Crippen LogP contribution in [-0.4, -0.2) is 18.4 Å². The molecule has 1 N–H and O–H groups in total. The topological polar surface area (TPSA) is 20.2 Å². The molecule has 0 aliphatic carbocycles. The number of rotatable bonds is 1. The first-order valence-corrected chi connectivity index (χ1v) is 3.08. The van der Waals surface area contributed by atoms with Gasteiger partial charge in [-0.2, -0.15) is 0 Å². The van der Waals surface area contributed by atoms with Crippen molar-refractivity contribution < 1.29 is 9.50 Å². The molecule has 2 heteroatoms. The molecule has 0 saturated carbocycles. The third kappa shape index (κ3) is 7.11. The first kappa shape index (κ1) is 9.11. The smallest absolute Gasteiger partial charge is 0.112 e. The van der Waals surface area contributed by atoms with Gasteiger partial charge in [0.1, 0.15) is 6.67 Å². The molecule has 1 nitrogen and oxygen atoms in total. The fourth-order valence-electron chi connectivity index (χ4n) is 0.385. The molecule has 10 heavy (non-hydrogen) atoms. The van der Waals surface area contributed by atoms with Crippen LogP contribution < -0.4 is 0 Å². The van der Waals surface area contributed by atoms with Crippen LogP contribution >= 0.6 is 0 Å². The summed E-state index contributed by atoms with van der Waals surface area (Å²) in [6.45, 7) is -0.972. The zero-order chi connectivity index (χ0) is 7.66. The standard InChI is InChI=1S/C6H6.C2H5FO/c1-2-4-6-5-3-1;3-1-2-4/h1-6H;4H,1-2H2. The second-order valence-electron chi connectivity index (χ2n) is 1.57. The highest BCUT2D eigenvalue weighted by atomic mass is 19.1. The van der Waals surface area contributed by atoms with Crippen molar-refractivity contribution in [1.82, 2.24) is 0 Å². The molecule has 1 aromatic rings. The van der Waals surface area contributed by atoms with Gasteiger partial charge in [0.05, 0.1) is 6.61 Å². The summed E-state index contributed by atoms with van der Waals surface area (Å²) in [6.07, 6.45) is 0. The fourth-order valence-corrected chi connectivity index (χ4v) is 0.385. The average molecular weight is 142 g/mol. The van der Waals surface area contributed by atoms with E-state index in [1.807, 2.05) is 36.4 Å². The van der Waals surface area contributed by atoms with E-state index >= 15 is 0 Å². The quantitative estimate of drug-likeness (QED) is 0.632. The fraction of sp³-hybridized carbons (Fsp3) is 0.250. The second kappa shape index (κ2) is 8.11. The summed E-state index contributed by atoms with van der Waals surface area (Å²) in [4.78, 5) is 0. The van der Waals surface area contributed by atoms with E-state index in [4.69, 9.17) is 5.11 Å². The summed E-state index contributed by atoms with van der Waals surface area (Å²) in [5.74, 6) is 0. The molecule has 0 heterocycles. The SMILES string of the molecule is OCCF.c1ccccc1. The lowest BCUT2D eigenvalue weighted by atomic mass is 10.4. The Bertz CT molecular complexity index is 101. The van der Waals surface area contributed by atoms with Crippen LogP contribution in [0.1, 0.15) is 0 Å². The van der Waals surface area contributed by atoms with Gasteiger partial charge in [0.2, 0.25) is 0 Å². The van der Waals surface area contributed by atoms with E-state index in [0.29, 0.717) is 0 Å². The molecule has 0 amide bonds. The lowest BCUT2D eigenvalue weighted by molar-refractivity contribution is 0.253. The highest BCUT2D eigenvalue weighted by Crippen LogP contribution is 1.79. The zero-order valence-electron chi connectivity index (χ0n) is 5.70. The Morgan fingerprint density at radius 2 is 1.10 bits per heavy atom. The summed E-state index contributed by atoms with van der Waals surface area (Å²) >= 11 is 0. The van der Waals surface area contributed by atoms with E-state index in [1.54, 1.807) is 0 Å². The largest absolute Gasteiger partial charge is 0.394 e. The summed E-state index contributed by atoms with van der Waals surface area (Å²) in [7, 11) is 0. The molecule has 0 fully saturated rings. The minimum atomic E-state index is -0.625. The maximum absolute atomic E-state index is 10.5. The number of aliphatic hydroxyl groups excluding tert-OH is 1. The van der Waals surface area contributed by atoms with E-state index in [2.05, 4.69) is 0 Å². The van der Waals surface area contributed by atoms with Crippen LogP contribution in [0.25, 0.3) is 0 Å². The normalized spacial score (nSPS) is 7.80. The molecule has 0 radical (unpaired) electrons. The number of hydrogen-bond acceptors (Lipinski definition) is 1. The molecule has 0 aliphatic rings. The Labute approximate surface area is 60.1 Å². The predicted octanol–water partition coefficient (Wildman–Crippen LogP) is 1.63. The third-order valence-corrected chi connectivity index (χ3v) is 0.751. The number of alkyl halides is 1. The van der Waals surface area contributed by atoms with Crippen LogP contribution in [0.5, 0.6) is 0 Å². The van der Waals surface area contributed by atoms with Gasteiger partial charge in [0.25, 0.3) is 0 Å². The first-order valence-electron chi connectivity index (χ1n) is 3.08. The Hall–Kier alpha value is -0.890. The number of benzene rings is 1. The maximum atomic E-state index is 10.5. The molecule has 0 saturated heterocycles. The van der Waals surface area contributed by atoms with Crippen molar-refractivity contribution in [2.75, 3.05) is 13.3 Å². The lowest BCUT2D eigenvalue weighted by Gasteiger charge is -1.69. The monoisotopic (exact) mass is 142 g/mol. The molecule has 0 spiro atoms. The number of halogens is 1. The Morgan fingerprint density at radius 1 is 0.900 bits per heavy atom. The van der Waals surface area contributed by atoms with E-state index in [-0.39, 0.29) is 6.61 Å². The van der Waals surface area contributed by atoms with Gasteiger partial charge in [-0.15, -0.1) is 0 Å². The Kier molecular flexibility index (Phi) is 7.39. The van der Waals surface area contributed by atoms with E-state index in [0.717, 1.165) is 0 Å². The summed E-state index contributed by atoms with van der Waals surface area (Å²) in [5.41, 5.74) is 0. The van der Waals surface area contributed by atoms with Crippen LogP contribution in [0.4, 0.5) is 4.39 Å². The highest BCUT2D eigenvalue weighted by Gasteiger charge is 1.61. The van der Waals surface area contributed by atoms with Crippen LogP contribution in [0.2, 0.25) is 0 Å². The van der Waals surface area contributed by atoms with Gasteiger partial charge in [-0.25, -0.2) is 4.39 Å². The van der Waals surface area contributed by atoms with E-state index < -0.39 is 6.67 Å². The van der Waals surface area contributed by atoms with Crippen molar-refractivity contribution >= 4 is 0 Å². The van der Waals surface area contributed by atoms with Crippen molar-refractivity contribution in [3.63, 3.8) is 0 Å². The van der Waals surface area contributed by atoms with Gasteiger partial charge < -0.3 is 5.11 Å². The molecule has 0 aliphatic heterocycles. The highest BCUT2D eigenvalue weighted by molar-refractivity contribution is 4.99. The van der Waals surface area contributed by atoms with E-state index in [1.165, 1.54) is 0 Å². The molecular formula is C8H11FO. The van der Waals surface area contributed by atoms with Crippen LogP contribution in [0.3, 0.4) is 0 Å². The Balaban J connectivity index is 0.000000180. The molecule has 0 bridgehead atoms. The second-order valence-corrected chi connectivity index (χ2v) is 1.57. The van der Waals surface area contributed by atoms with E-state index in [9.17, 15) is 4.39 Å². The van der Waals surface area contributed by atoms with Gasteiger partial charge in [0, 0.05) is 0 Å². The minimum Gasteiger partial charge on any atom is -0.394 e. The number of aliphatic hydroxyl groups is 1. The van der Waals surface area contributed by atoms with Crippen LogP contribution in [0.15, 0.2) is 36.4 Å². The van der Waals surface area contributed by atoms with Crippen LogP contribution in [0, 0.1) is 0 Å². The molecule has 0 aromatic heterocycles.